The van der Waals surface area contributed by atoms with Crippen molar-refractivity contribution in [2.24, 2.45) is 5.41 Å². The van der Waals surface area contributed by atoms with Crippen molar-refractivity contribution >= 4 is 11.9 Å². The monoisotopic (exact) mass is 329 g/mol. The van der Waals surface area contributed by atoms with Gasteiger partial charge in [0.15, 0.2) is 0 Å². The van der Waals surface area contributed by atoms with Crippen LogP contribution in [-0.2, 0) is 15.8 Å². The van der Waals surface area contributed by atoms with Crippen LogP contribution in [-0.4, -0.2) is 28.4 Å². The molecule has 23 heavy (non-hydrogen) atoms. The minimum atomic E-state index is -4.43. The zero-order valence-electron chi connectivity index (χ0n) is 12.9. The van der Waals surface area contributed by atoms with E-state index in [-0.39, 0.29) is 5.91 Å². The third-order valence-corrected chi connectivity index (χ3v) is 4.19. The molecule has 0 radical (unpaired) electrons. The van der Waals surface area contributed by atoms with Crippen molar-refractivity contribution in [1.82, 2.24) is 4.90 Å². The standard InChI is InChI=1S/C16H18F3NO3/c1-15(2)8-7-12(20(14(15)23)9-13(21)22)10-3-5-11(6-4-10)16(17,18)19/h3-6,12H,7-9H2,1-2H3,(H,21,22). The summed E-state index contributed by atoms with van der Waals surface area (Å²) < 4.78 is 37.9. The minimum absolute atomic E-state index is 0.295. The van der Waals surface area contributed by atoms with Crippen LogP contribution in [0.25, 0.3) is 0 Å². The van der Waals surface area contributed by atoms with Crippen LogP contribution in [0.5, 0.6) is 0 Å². The molecule has 7 heteroatoms. The highest BCUT2D eigenvalue weighted by atomic mass is 19.4. The van der Waals surface area contributed by atoms with Gasteiger partial charge in [-0.3, -0.25) is 9.59 Å². The van der Waals surface area contributed by atoms with Crippen LogP contribution >= 0.6 is 0 Å². The number of benzene rings is 1. The largest absolute Gasteiger partial charge is 0.480 e. The summed E-state index contributed by atoms with van der Waals surface area (Å²) in [5.74, 6) is -1.44. The van der Waals surface area contributed by atoms with Gasteiger partial charge in [-0.05, 0) is 30.5 Å². The molecule has 1 aliphatic heterocycles. The van der Waals surface area contributed by atoms with Crippen LogP contribution in [0.1, 0.15) is 43.9 Å². The number of nitrogens with zero attached hydrogens (tertiary/aromatic N) is 1. The fourth-order valence-electron chi connectivity index (χ4n) is 2.86. The molecule has 0 bridgehead atoms. The van der Waals surface area contributed by atoms with Gasteiger partial charge in [-0.15, -0.1) is 0 Å². The predicted molar refractivity (Wildman–Crippen MR) is 76.5 cm³/mol. The van der Waals surface area contributed by atoms with Gasteiger partial charge in [0.05, 0.1) is 11.6 Å². The van der Waals surface area contributed by atoms with Crippen LogP contribution in [0.4, 0.5) is 13.2 Å². The predicted octanol–water partition coefficient (Wildman–Crippen LogP) is 3.48. The summed E-state index contributed by atoms with van der Waals surface area (Å²) in [7, 11) is 0. The number of hydrogen-bond acceptors (Lipinski definition) is 2. The van der Waals surface area contributed by atoms with E-state index in [1.807, 2.05) is 0 Å². The quantitative estimate of drug-likeness (QED) is 0.924. The maximum absolute atomic E-state index is 12.6. The molecule has 1 atom stereocenters. The number of hydrogen-bond donors (Lipinski definition) is 1. The van der Waals surface area contributed by atoms with Gasteiger partial charge in [-0.1, -0.05) is 26.0 Å². The van der Waals surface area contributed by atoms with Crippen molar-refractivity contribution in [2.75, 3.05) is 6.54 Å². The number of alkyl halides is 3. The lowest BCUT2D eigenvalue weighted by Gasteiger charge is -2.42. The molecule has 0 spiro atoms. The van der Waals surface area contributed by atoms with E-state index in [2.05, 4.69) is 0 Å². The highest BCUT2D eigenvalue weighted by molar-refractivity contribution is 5.86. The van der Waals surface area contributed by atoms with E-state index < -0.39 is 35.7 Å². The molecule has 1 amide bonds. The Hall–Kier alpha value is -2.05. The zero-order chi connectivity index (χ0) is 17.4. The van der Waals surface area contributed by atoms with E-state index in [0.717, 1.165) is 12.1 Å². The number of likely N-dealkylation sites (tertiary alicyclic amines) is 1. The van der Waals surface area contributed by atoms with E-state index in [9.17, 15) is 22.8 Å². The number of amides is 1. The topological polar surface area (TPSA) is 57.6 Å². The zero-order valence-corrected chi connectivity index (χ0v) is 12.9. The number of rotatable bonds is 3. The summed E-state index contributed by atoms with van der Waals surface area (Å²) in [6.45, 7) is 3.02. The van der Waals surface area contributed by atoms with Gasteiger partial charge >= 0.3 is 12.1 Å². The Morgan fingerprint density at radius 3 is 2.35 bits per heavy atom. The normalized spacial score (nSPS) is 21.3. The summed E-state index contributed by atoms with van der Waals surface area (Å²) in [5, 5.41) is 9.03. The molecule has 126 valence electrons. The number of carboxylic acids is 1. The molecule has 1 aliphatic rings. The van der Waals surface area contributed by atoms with Gasteiger partial charge in [-0.2, -0.15) is 13.2 Å². The first kappa shape index (κ1) is 17.3. The smallest absolute Gasteiger partial charge is 0.416 e. The van der Waals surface area contributed by atoms with Crippen molar-refractivity contribution in [1.29, 1.82) is 0 Å². The number of piperidine rings is 1. The number of carbonyl (C=O) groups is 2. The molecule has 0 saturated carbocycles. The van der Waals surface area contributed by atoms with Crippen LogP contribution in [0, 0.1) is 5.41 Å². The molecule has 1 unspecified atom stereocenters. The van der Waals surface area contributed by atoms with E-state index in [1.165, 1.54) is 17.0 Å². The van der Waals surface area contributed by atoms with Gasteiger partial charge in [0, 0.05) is 5.41 Å². The molecule has 0 aromatic heterocycles. The molecule has 1 aromatic carbocycles. The Morgan fingerprint density at radius 1 is 1.30 bits per heavy atom. The molecule has 1 fully saturated rings. The van der Waals surface area contributed by atoms with Crippen molar-refractivity contribution in [3.63, 3.8) is 0 Å². The minimum Gasteiger partial charge on any atom is -0.480 e. The number of carboxylic acid groups (broad SMARTS) is 1. The van der Waals surface area contributed by atoms with E-state index >= 15 is 0 Å². The number of carbonyl (C=O) groups excluding carboxylic acids is 1. The molecular formula is C16H18F3NO3. The van der Waals surface area contributed by atoms with Gasteiger partial charge < -0.3 is 10.0 Å². The Morgan fingerprint density at radius 2 is 1.87 bits per heavy atom. The van der Waals surface area contributed by atoms with Crippen LogP contribution < -0.4 is 0 Å². The van der Waals surface area contributed by atoms with Gasteiger partial charge in [-0.25, -0.2) is 0 Å². The molecule has 4 nitrogen and oxygen atoms in total. The first-order valence-corrected chi connectivity index (χ1v) is 7.22. The van der Waals surface area contributed by atoms with E-state index in [1.54, 1.807) is 13.8 Å². The maximum Gasteiger partial charge on any atom is 0.416 e. The average molecular weight is 329 g/mol. The Bertz CT molecular complexity index is 608. The van der Waals surface area contributed by atoms with Gasteiger partial charge in [0.2, 0.25) is 5.91 Å². The Labute approximate surface area is 131 Å². The first-order valence-electron chi connectivity index (χ1n) is 7.22. The lowest BCUT2D eigenvalue weighted by Crippen LogP contribution is -2.49. The molecule has 1 aromatic rings. The number of aliphatic carboxylic acids is 1. The van der Waals surface area contributed by atoms with Crippen LogP contribution in [0.3, 0.4) is 0 Å². The average Bonchev–Trinajstić information content (AvgIpc) is 2.43. The highest BCUT2D eigenvalue weighted by Crippen LogP contribution is 2.40. The van der Waals surface area contributed by atoms with Crippen molar-refractivity contribution in [3.05, 3.63) is 35.4 Å². The summed E-state index contributed by atoms with van der Waals surface area (Å²) in [6, 6.07) is 4.02. The molecule has 0 aliphatic carbocycles. The van der Waals surface area contributed by atoms with Crippen molar-refractivity contribution in [2.45, 2.75) is 38.9 Å². The summed E-state index contributed by atoms with van der Waals surface area (Å²) >= 11 is 0. The molecule has 1 saturated heterocycles. The van der Waals surface area contributed by atoms with Crippen LogP contribution in [0.15, 0.2) is 24.3 Å². The summed E-state index contributed by atoms with van der Waals surface area (Å²) in [6.07, 6.45) is -3.37. The maximum atomic E-state index is 12.6. The molecule has 2 rings (SSSR count). The molecule has 1 heterocycles. The van der Waals surface area contributed by atoms with E-state index in [0.29, 0.717) is 18.4 Å². The second kappa shape index (κ2) is 5.86. The second-order valence-electron chi connectivity index (χ2n) is 6.38. The lowest BCUT2D eigenvalue weighted by molar-refractivity contribution is -0.155. The first-order chi connectivity index (χ1) is 10.5. The highest BCUT2D eigenvalue weighted by Gasteiger charge is 2.42. The van der Waals surface area contributed by atoms with E-state index in [4.69, 9.17) is 5.11 Å². The number of halogens is 3. The summed E-state index contributed by atoms with van der Waals surface area (Å²) in [5.41, 5.74) is -0.922. The fourth-order valence-corrected chi connectivity index (χ4v) is 2.86. The van der Waals surface area contributed by atoms with Crippen LogP contribution in [0.2, 0.25) is 0 Å². The second-order valence-corrected chi connectivity index (χ2v) is 6.38. The van der Waals surface area contributed by atoms with Crippen molar-refractivity contribution < 1.29 is 27.9 Å². The van der Waals surface area contributed by atoms with Gasteiger partial charge in [0.1, 0.15) is 6.54 Å². The third kappa shape index (κ3) is 3.65. The fraction of sp³-hybridized carbons (Fsp3) is 0.500. The third-order valence-electron chi connectivity index (χ3n) is 4.19. The Balaban J connectivity index is 2.32. The molecule has 1 N–H and O–H groups in total. The molecular weight excluding hydrogens is 311 g/mol. The van der Waals surface area contributed by atoms with Gasteiger partial charge in [0.25, 0.3) is 0 Å². The lowest BCUT2D eigenvalue weighted by atomic mass is 9.78. The summed E-state index contributed by atoms with van der Waals surface area (Å²) in [4.78, 5) is 24.8. The van der Waals surface area contributed by atoms with Crippen molar-refractivity contribution in [3.8, 4) is 0 Å². The SMILES string of the molecule is CC1(C)CCC(c2ccc(C(F)(F)F)cc2)N(CC(=O)O)C1=O. The Kier molecular flexibility index (Phi) is 4.41.